The summed E-state index contributed by atoms with van der Waals surface area (Å²) in [5, 5.41) is 0.858. The molecule has 0 fully saturated rings. The van der Waals surface area contributed by atoms with E-state index in [0.29, 0.717) is 0 Å². The Hall–Kier alpha value is -2.21. The number of amides is 1. The van der Waals surface area contributed by atoms with Crippen molar-refractivity contribution in [3.8, 4) is 0 Å². The third kappa shape index (κ3) is 3.71. The van der Waals surface area contributed by atoms with Gasteiger partial charge in [-0.15, -0.1) is 11.3 Å². The Morgan fingerprint density at radius 3 is 2.82 bits per heavy atom. The number of benzene rings is 1. The van der Waals surface area contributed by atoms with Crippen molar-refractivity contribution in [2.45, 2.75) is 19.9 Å². The summed E-state index contributed by atoms with van der Waals surface area (Å²) in [7, 11) is 1.68. The maximum Gasteiger partial charge on any atom is 0.330 e. The van der Waals surface area contributed by atoms with Crippen LogP contribution in [0.5, 0.6) is 0 Å². The van der Waals surface area contributed by atoms with Crippen LogP contribution in [-0.4, -0.2) is 35.4 Å². The monoisotopic (exact) mass is 318 g/mol. The van der Waals surface area contributed by atoms with Crippen molar-refractivity contribution in [2.75, 3.05) is 13.7 Å². The van der Waals surface area contributed by atoms with E-state index in [1.807, 2.05) is 31.2 Å². The van der Waals surface area contributed by atoms with Crippen LogP contribution in [0.15, 0.2) is 36.4 Å². The summed E-state index contributed by atoms with van der Waals surface area (Å²) < 4.78 is 5.96. The molecule has 2 aromatic rings. The number of fused-ring (bicyclic) bond motifs is 1. The molecule has 1 atom stereocenters. The van der Waals surface area contributed by atoms with Gasteiger partial charge in [-0.2, -0.15) is 0 Å². The average molecular weight is 318 g/mol. The lowest BCUT2D eigenvalue weighted by Gasteiger charge is -2.22. The zero-order valence-corrected chi connectivity index (χ0v) is 13.6. The molecule has 0 aliphatic rings. The van der Waals surface area contributed by atoms with Crippen LogP contribution in [0.3, 0.4) is 0 Å². The van der Waals surface area contributed by atoms with Crippen molar-refractivity contribution in [3.63, 3.8) is 0 Å². The number of hydrogen-bond donors (Lipinski definition) is 0. The van der Waals surface area contributed by atoms with Crippen molar-refractivity contribution in [3.05, 3.63) is 41.4 Å². The number of allylic oxidation sites excluding steroid dienone is 1. The average Bonchev–Trinajstić information content (AvgIpc) is 2.95. The number of rotatable bonds is 5. The highest BCUT2D eigenvalue weighted by Crippen LogP contribution is 2.28. The van der Waals surface area contributed by atoms with Gasteiger partial charge in [0.2, 0.25) is 0 Å². The van der Waals surface area contributed by atoms with Crippen LogP contribution >= 0.6 is 11.3 Å². The van der Waals surface area contributed by atoms with Crippen LogP contribution in [0.1, 0.15) is 24.9 Å². The maximum atomic E-state index is 12.1. The zero-order chi connectivity index (χ0) is 16.1. The Morgan fingerprint density at radius 2 is 2.14 bits per heavy atom. The smallest absolute Gasteiger partial charge is 0.330 e. The Bertz CT molecular complexity index is 675. The number of esters is 1. The second-order valence-electron chi connectivity index (χ2n) is 4.81. The molecule has 0 bridgehead atoms. The van der Waals surface area contributed by atoms with Gasteiger partial charge in [-0.25, -0.2) is 9.78 Å². The molecule has 0 N–H and O–H groups in total. The summed E-state index contributed by atoms with van der Waals surface area (Å²) in [5.41, 5.74) is 0.926. The Morgan fingerprint density at radius 1 is 1.41 bits per heavy atom. The van der Waals surface area contributed by atoms with Crippen molar-refractivity contribution in [1.82, 2.24) is 9.88 Å². The van der Waals surface area contributed by atoms with E-state index in [1.165, 1.54) is 6.08 Å². The minimum absolute atomic E-state index is 0.176. The van der Waals surface area contributed by atoms with E-state index in [9.17, 15) is 9.59 Å². The predicted octanol–water partition coefficient (Wildman–Crippen LogP) is 2.94. The second kappa shape index (κ2) is 7.17. The van der Waals surface area contributed by atoms with Crippen LogP contribution in [0.25, 0.3) is 10.2 Å². The summed E-state index contributed by atoms with van der Waals surface area (Å²) in [4.78, 5) is 29.4. The van der Waals surface area contributed by atoms with Crippen LogP contribution in [0.2, 0.25) is 0 Å². The first-order valence-electron chi connectivity index (χ1n) is 6.93. The fourth-order valence-electron chi connectivity index (χ4n) is 1.87. The molecule has 0 radical (unpaired) electrons. The molecule has 1 aromatic heterocycles. The van der Waals surface area contributed by atoms with Crippen molar-refractivity contribution in [2.24, 2.45) is 0 Å². The number of carbonyl (C=O) groups is 2. The van der Waals surface area contributed by atoms with Gasteiger partial charge >= 0.3 is 5.97 Å². The van der Waals surface area contributed by atoms with E-state index in [0.717, 1.165) is 15.2 Å². The van der Waals surface area contributed by atoms with Crippen LogP contribution in [0.4, 0.5) is 0 Å². The van der Waals surface area contributed by atoms with E-state index in [2.05, 4.69) is 4.98 Å². The first-order valence-corrected chi connectivity index (χ1v) is 7.75. The fourth-order valence-corrected chi connectivity index (χ4v) is 2.93. The van der Waals surface area contributed by atoms with Gasteiger partial charge in [-0.1, -0.05) is 18.2 Å². The lowest BCUT2D eigenvalue weighted by atomic mass is 10.3. The number of nitrogens with zero attached hydrogens (tertiary/aromatic N) is 2. The molecular weight excluding hydrogens is 300 g/mol. The minimum Gasteiger partial charge on any atom is -0.452 e. The summed E-state index contributed by atoms with van der Waals surface area (Å²) >= 11 is 1.56. The molecule has 2 rings (SSSR count). The van der Waals surface area contributed by atoms with Crippen LogP contribution in [-0.2, 0) is 14.3 Å². The third-order valence-corrected chi connectivity index (χ3v) is 4.49. The van der Waals surface area contributed by atoms with Gasteiger partial charge in [0.1, 0.15) is 5.01 Å². The van der Waals surface area contributed by atoms with Gasteiger partial charge in [0, 0.05) is 13.1 Å². The first-order chi connectivity index (χ1) is 10.5. The lowest BCUT2D eigenvalue weighted by Crippen LogP contribution is -2.33. The highest BCUT2D eigenvalue weighted by Gasteiger charge is 2.21. The predicted molar refractivity (Wildman–Crippen MR) is 86.6 cm³/mol. The molecule has 1 aromatic carbocycles. The SMILES string of the molecule is C/C=C/C(=O)OCC(=O)N(C)[C@@H](C)c1nc2ccccc2s1. The molecular formula is C16H18N2O3S. The van der Waals surface area contributed by atoms with Crippen LogP contribution in [0, 0.1) is 0 Å². The zero-order valence-electron chi connectivity index (χ0n) is 12.8. The maximum absolute atomic E-state index is 12.1. The van der Waals surface area contributed by atoms with Crippen molar-refractivity contribution in [1.29, 1.82) is 0 Å². The Balaban J connectivity index is 2.03. The molecule has 116 valence electrons. The number of thiazole rings is 1. The number of para-hydroxylation sites is 1. The Labute approximate surface area is 133 Å². The second-order valence-corrected chi connectivity index (χ2v) is 5.87. The number of likely N-dealkylation sites (N-methyl/N-ethyl adjacent to an activating group) is 1. The summed E-state index contributed by atoms with van der Waals surface area (Å²) in [6.45, 7) is 3.35. The molecule has 22 heavy (non-hydrogen) atoms. The van der Waals surface area contributed by atoms with Crippen molar-refractivity contribution < 1.29 is 14.3 Å². The van der Waals surface area contributed by atoms with Gasteiger partial charge < -0.3 is 9.64 Å². The molecule has 1 amide bonds. The Kier molecular flexibility index (Phi) is 5.27. The normalized spacial score (nSPS) is 12.5. The molecule has 0 aliphatic heterocycles. The van der Waals surface area contributed by atoms with Crippen LogP contribution < -0.4 is 0 Å². The van der Waals surface area contributed by atoms with E-state index in [1.54, 1.807) is 36.3 Å². The molecule has 0 saturated carbocycles. The number of carbonyl (C=O) groups excluding carboxylic acids is 2. The van der Waals surface area contributed by atoms with E-state index in [4.69, 9.17) is 4.74 Å². The van der Waals surface area contributed by atoms with Gasteiger partial charge in [-0.05, 0) is 26.0 Å². The standard InChI is InChI=1S/C16H18N2O3S/c1-4-7-15(20)21-10-14(19)18(3)11(2)16-17-12-8-5-6-9-13(12)22-16/h4-9,11H,10H2,1-3H3/b7-4+/t11-/m0/s1. The molecule has 0 unspecified atom stereocenters. The molecule has 5 nitrogen and oxygen atoms in total. The van der Waals surface area contributed by atoms with Crippen molar-refractivity contribution >= 4 is 33.4 Å². The quantitative estimate of drug-likeness (QED) is 0.628. The summed E-state index contributed by atoms with van der Waals surface area (Å²) in [6.07, 6.45) is 2.85. The summed E-state index contributed by atoms with van der Waals surface area (Å²) in [5.74, 6) is -0.776. The first kappa shape index (κ1) is 16.2. The summed E-state index contributed by atoms with van der Waals surface area (Å²) in [6, 6.07) is 7.67. The molecule has 0 saturated heterocycles. The number of aromatic nitrogens is 1. The number of ether oxygens (including phenoxy) is 1. The van der Waals surface area contributed by atoms with E-state index in [-0.39, 0.29) is 18.6 Å². The minimum atomic E-state index is -0.517. The fraction of sp³-hybridized carbons (Fsp3) is 0.312. The number of hydrogen-bond acceptors (Lipinski definition) is 5. The molecule has 6 heteroatoms. The van der Waals surface area contributed by atoms with Gasteiger partial charge in [0.05, 0.1) is 16.3 Å². The highest BCUT2D eigenvalue weighted by atomic mass is 32.1. The van der Waals surface area contributed by atoms with Gasteiger partial charge in [0.15, 0.2) is 6.61 Å². The van der Waals surface area contributed by atoms with Gasteiger partial charge in [0.25, 0.3) is 5.91 Å². The lowest BCUT2D eigenvalue weighted by molar-refractivity contribution is -0.148. The molecule has 0 aliphatic carbocycles. The molecule has 0 spiro atoms. The third-order valence-electron chi connectivity index (χ3n) is 3.28. The topological polar surface area (TPSA) is 59.5 Å². The van der Waals surface area contributed by atoms with Gasteiger partial charge in [-0.3, -0.25) is 4.79 Å². The van der Waals surface area contributed by atoms with E-state index < -0.39 is 5.97 Å². The molecule has 1 heterocycles. The largest absolute Gasteiger partial charge is 0.452 e. The van der Waals surface area contributed by atoms with E-state index >= 15 is 0 Å². The highest BCUT2D eigenvalue weighted by molar-refractivity contribution is 7.18.